The van der Waals surface area contributed by atoms with E-state index in [9.17, 15) is 13.2 Å². The van der Waals surface area contributed by atoms with Crippen LogP contribution in [0.15, 0.2) is 65.6 Å². The monoisotopic (exact) mass is 506 g/mol. The van der Waals surface area contributed by atoms with Crippen LogP contribution in [-0.2, 0) is 10.0 Å². The minimum absolute atomic E-state index is 0.0808. The Morgan fingerprint density at radius 2 is 1.64 bits per heavy atom. The number of benzene rings is 3. The van der Waals surface area contributed by atoms with Crippen LogP contribution in [0.4, 0.5) is 5.69 Å². The van der Waals surface area contributed by atoms with Crippen molar-refractivity contribution in [2.45, 2.75) is 70.4 Å². The van der Waals surface area contributed by atoms with Crippen LogP contribution in [0.1, 0.15) is 71.8 Å². The highest BCUT2D eigenvalue weighted by atomic mass is 32.2. The lowest BCUT2D eigenvalue weighted by Crippen LogP contribution is -2.44. The average molecular weight is 507 g/mol. The normalized spacial score (nSPS) is 16.5. The van der Waals surface area contributed by atoms with E-state index in [-0.39, 0.29) is 22.4 Å². The van der Waals surface area contributed by atoms with Crippen molar-refractivity contribution in [1.29, 1.82) is 0 Å². The van der Waals surface area contributed by atoms with Crippen molar-refractivity contribution in [3.8, 4) is 5.75 Å². The van der Waals surface area contributed by atoms with Gasteiger partial charge in [-0.1, -0.05) is 44.2 Å². The van der Waals surface area contributed by atoms with E-state index < -0.39 is 10.0 Å². The van der Waals surface area contributed by atoms with Crippen LogP contribution < -0.4 is 14.8 Å². The van der Waals surface area contributed by atoms with Gasteiger partial charge >= 0.3 is 0 Å². The molecule has 7 heteroatoms. The average Bonchev–Trinajstić information content (AvgIpc) is 2.86. The summed E-state index contributed by atoms with van der Waals surface area (Å²) in [7, 11) is -3.89. The first kappa shape index (κ1) is 25.8. The van der Waals surface area contributed by atoms with Crippen LogP contribution in [0.5, 0.6) is 5.75 Å². The third kappa shape index (κ3) is 5.12. The number of hydrogen-bond acceptors (Lipinski definition) is 4. The number of ether oxygens (including phenoxy) is 1. The molecule has 1 amide bonds. The molecular formula is C29H34N2O4S. The van der Waals surface area contributed by atoms with Gasteiger partial charge in [-0.25, -0.2) is 8.42 Å². The van der Waals surface area contributed by atoms with Gasteiger partial charge in [0.2, 0.25) is 0 Å². The van der Waals surface area contributed by atoms with E-state index in [0.29, 0.717) is 23.2 Å². The third-order valence-corrected chi connectivity index (χ3v) is 8.81. The fourth-order valence-electron chi connectivity index (χ4n) is 4.72. The summed E-state index contributed by atoms with van der Waals surface area (Å²) in [6.45, 7) is 9.82. The second kappa shape index (κ2) is 9.97. The second-order valence-electron chi connectivity index (χ2n) is 9.64. The number of aryl methyl sites for hydroxylation is 3. The van der Waals surface area contributed by atoms with E-state index in [0.717, 1.165) is 35.3 Å². The number of sulfonamides is 1. The van der Waals surface area contributed by atoms with Gasteiger partial charge in [-0.3, -0.25) is 9.52 Å². The fraction of sp³-hybridized carbons (Fsp3) is 0.345. The highest BCUT2D eigenvalue weighted by Crippen LogP contribution is 2.42. The molecule has 1 unspecified atom stereocenters. The van der Waals surface area contributed by atoms with Gasteiger partial charge < -0.3 is 10.1 Å². The highest BCUT2D eigenvalue weighted by Gasteiger charge is 2.39. The number of para-hydroxylation sites is 1. The molecule has 0 aromatic heterocycles. The minimum Gasteiger partial charge on any atom is -0.487 e. The number of carbonyl (C=O) groups is 1. The molecule has 0 saturated carbocycles. The van der Waals surface area contributed by atoms with Crippen LogP contribution in [-0.4, -0.2) is 19.9 Å². The molecular weight excluding hydrogens is 472 g/mol. The first-order valence-corrected chi connectivity index (χ1v) is 13.9. The number of nitrogens with one attached hydrogen (secondary N) is 2. The molecule has 6 nitrogen and oxygen atoms in total. The first-order valence-electron chi connectivity index (χ1n) is 12.4. The van der Waals surface area contributed by atoms with Gasteiger partial charge in [-0.2, -0.15) is 0 Å². The summed E-state index contributed by atoms with van der Waals surface area (Å²) in [6.07, 6.45) is 2.29. The maximum atomic E-state index is 13.4. The zero-order valence-corrected chi connectivity index (χ0v) is 22.3. The standard InChI is InChI=1S/C29H34N2O4S/c1-6-29(7-2)18-25(24-10-8-9-11-26(24)35-29)30-28(32)22-14-12-20(4)27(17-22)36(33,34)31-23-15-13-19(3)21(5)16-23/h8-17,25,31H,6-7,18H2,1-5H3,(H,30,32). The molecule has 3 aromatic carbocycles. The fourth-order valence-corrected chi connectivity index (χ4v) is 6.04. The predicted octanol–water partition coefficient (Wildman–Crippen LogP) is 6.23. The zero-order valence-electron chi connectivity index (χ0n) is 21.5. The Morgan fingerprint density at radius 1 is 0.944 bits per heavy atom. The number of rotatable bonds is 7. The van der Waals surface area contributed by atoms with Gasteiger partial charge in [0.05, 0.1) is 10.9 Å². The van der Waals surface area contributed by atoms with Crippen molar-refractivity contribution in [2.75, 3.05) is 4.72 Å². The van der Waals surface area contributed by atoms with Gasteiger partial charge in [-0.15, -0.1) is 0 Å². The summed E-state index contributed by atoms with van der Waals surface area (Å²) in [6, 6.07) is 17.7. The summed E-state index contributed by atoms with van der Waals surface area (Å²) < 4.78 is 35.5. The van der Waals surface area contributed by atoms with Gasteiger partial charge in [0.1, 0.15) is 11.4 Å². The quantitative estimate of drug-likeness (QED) is 0.398. The molecule has 2 N–H and O–H groups in total. The molecule has 36 heavy (non-hydrogen) atoms. The van der Waals surface area contributed by atoms with E-state index in [1.165, 1.54) is 6.07 Å². The molecule has 0 aliphatic carbocycles. The van der Waals surface area contributed by atoms with Crippen molar-refractivity contribution >= 4 is 21.6 Å². The lowest BCUT2D eigenvalue weighted by atomic mass is 9.83. The summed E-state index contributed by atoms with van der Waals surface area (Å²) in [5, 5.41) is 3.14. The largest absolute Gasteiger partial charge is 0.487 e. The second-order valence-corrected chi connectivity index (χ2v) is 11.3. The Hall–Kier alpha value is -3.32. The number of amides is 1. The molecule has 0 bridgehead atoms. The maximum Gasteiger partial charge on any atom is 0.262 e. The van der Waals surface area contributed by atoms with Crippen LogP contribution in [0.25, 0.3) is 0 Å². The molecule has 190 valence electrons. The van der Waals surface area contributed by atoms with Crippen LogP contribution >= 0.6 is 0 Å². The Balaban J connectivity index is 1.61. The molecule has 0 spiro atoms. The van der Waals surface area contributed by atoms with E-state index >= 15 is 0 Å². The maximum absolute atomic E-state index is 13.4. The lowest BCUT2D eigenvalue weighted by molar-refractivity contribution is 0.0227. The SMILES string of the molecule is CCC1(CC)CC(NC(=O)c2ccc(C)c(S(=O)(=O)Nc3ccc(C)c(C)c3)c2)c2ccccc2O1. The number of carbonyl (C=O) groups excluding carboxylic acids is 1. The van der Waals surface area contributed by atoms with Crippen molar-refractivity contribution in [1.82, 2.24) is 5.32 Å². The van der Waals surface area contributed by atoms with Gasteiger partial charge in [0, 0.05) is 23.2 Å². The van der Waals surface area contributed by atoms with Crippen molar-refractivity contribution in [3.63, 3.8) is 0 Å². The number of anilines is 1. The van der Waals surface area contributed by atoms with Crippen molar-refractivity contribution in [3.05, 3.63) is 88.5 Å². The van der Waals surface area contributed by atoms with E-state index in [1.54, 1.807) is 31.2 Å². The summed E-state index contributed by atoms with van der Waals surface area (Å²) >= 11 is 0. The van der Waals surface area contributed by atoms with Crippen molar-refractivity contribution in [2.24, 2.45) is 0 Å². The van der Waals surface area contributed by atoms with E-state index in [1.807, 2.05) is 44.2 Å². The zero-order chi connectivity index (χ0) is 26.1. The summed E-state index contributed by atoms with van der Waals surface area (Å²) in [4.78, 5) is 13.5. The molecule has 1 aliphatic rings. The number of hydrogen-bond donors (Lipinski definition) is 2. The summed E-state index contributed by atoms with van der Waals surface area (Å²) in [5.41, 5.74) is 3.99. The van der Waals surface area contributed by atoms with Gasteiger partial charge in [-0.05, 0) is 80.6 Å². The molecule has 3 aromatic rings. The molecule has 4 rings (SSSR count). The topological polar surface area (TPSA) is 84.5 Å². The lowest BCUT2D eigenvalue weighted by Gasteiger charge is -2.41. The van der Waals surface area contributed by atoms with E-state index in [4.69, 9.17) is 4.74 Å². The minimum atomic E-state index is -3.89. The predicted molar refractivity (Wildman–Crippen MR) is 143 cm³/mol. The Morgan fingerprint density at radius 3 is 2.33 bits per heavy atom. The third-order valence-electron chi connectivity index (χ3n) is 7.29. The van der Waals surface area contributed by atoms with Crippen LogP contribution in [0.3, 0.4) is 0 Å². The Bertz CT molecular complexity index is 1390. The molecule has 0 fully saturated rings. The molecule has 1 atom stereocenters. The van der Waals surface area contributed by atoms with Crippen LogP contribution in [0.2, 0.25) is 0 Å². The molecule has 1 aliphatic heterocycles. The molecule has 1 heterocycles. The van der Waals surface area contributed by atoms with Gasteiger partial charge in [0.15, 0.2) is 0 Å². The smallest absolute Gasteiger partial charge is 0.262 e. The molecule has 0 saturated heterocycles. The molecule has 0 radical (unpaired) electrons. The van der Waals surface area contributed by atoms with Gasteiger partial charge in [0.25, 0.3) is 15.9 Å². The Labute approximate surface area is 214 Å². The van der Waals surface area contributed by atoms with Crippen molar-refractivity contribution < 1.29 is 17.9 Å². The number of fused-ring (bicyclic) bond motifs is 1. The Kier molecular flexibility index (Phi) is 7.14. The van der Waals surface area contributed by atoms with E-state index in [2.05, 4.69) is 23.9 Å². The summed E-state index contributed by atoms with van der Waals surface area (Å²) in [5.74, 6) is 0.461. The van der Waals surface area contributed by atoms with Crippen LogP contribution in [0, 0.1) is 20.8 Å². The highest BCUT2D eigenvalue weighted by molar-refractivity contribution is 7.92. The first-order chi connectivity index (χ1) is 17.1.